The number of aromatic hydroxyl groups is 1. The molecule has 3 N–H and O–H groups in total. The van der Waals surface area contributed by atoms with E-state index in [1.54, 1.807) is 0 Å². The molecule has 0 aliphatic carbocycles. The molecule has 1 rings (SSSR count). The van der Waals surface area contributed by atoms with Crippen molar-refractivity contribution in [3.05, 3.63) is 26.6 Å². The van der Waals surface area contributed by atoms with E-state index in [1.165, 1.54) is 12.1 Å². The fourth-order valence-corrected chi connectivity index (χ4v) is 2.35. The predicted octanol–water partition coefficient (Wildman–Crippen LogP) is 3.57. The SMILES string of the molecule is N[C@@H](CC(F)F)c1cc(Br)c(O)c(Br)c1. The number of nitrogens with two attached hydrogens (primary N) is 1. The lowest BCUT2D eigenvalue weighted by atomic mass is 10.1. The van der Waals surface area contributed by atoms with E-state index in [1.807, 2.05) is 0 Å². The Bertz CT molecular complexity index is 337. The van der Waals surface area contributed by atoms with Gasteiger partial charge in [-0.2, -0.15) is 0 Å². The molecule has 0 spiro atoms. The van der Waals surface area contributed by atoms with Crippen molar-refractivity contribution in [1.29, 1.82) is 0 Å². The van der Waals surface area contributed by atoms with E-state index in [0.29, 0.717) is 14.5 Å². The van der Waals surface area contributed by atoms with Gasteiger partial charge in [0.25, 0.3) is 0 Å². The highest BCUT2D eigenvalue weighted by molar-refractivity contribution is 9.11. The Morgan fingerprint density at radius 2 is 1.73 bits per heavy atom. The summed E-state index contributed by atoms with van der Waals surface area (Å²) in [7, 11) is 0. The van der Waals surface area contributed by atoms with Gasteiger partial charge in [-0.05, 0) is 49.6 Å². The van der Waals surface area contributed by atoms with Crippen LogP contribution in [-0.4, -0.2) is 11.5 Å². The molecule has 0 radical (unpaired) electrons. The molecule has 0 bridgehead atoms. The van der Waals surface area contributed by atoms with Gasteiger partial charge in [-0.25, -0.2) is 8.78 Å². The molecule has 0 heterocycles. The van der Waals surface area contributed by atoms with E-state index in [-0.39, 0.29) is 5.75 Å². The fourth-order valence-electron chi connectivity index (χ4n) is 1.13. The second kappa shape index (κ2) is 5.23. The van der Waals surface area contributed by atoms with Crippen LogP contribution in [0.3, 0.4) is 0 Å². The van der Waals surface area contributed by atoms with Crippen LogP contribution in [0.1, 0.15) is 18.0 Å². The summed E-state index contributed by atoms with van der Waals surface area (Å²) in [5.74, 6) is 0.0306. The lowest BCUT2D eigenvalue weighted by Gasteiger charge is -2.13. The lowest BCUT2D eigenvalue weighted by Crippen LogP contribution is -2.14. The fraction of sp³-hybridized carbons (Fsp3) is 0.333. The molecule has 0 aromatic heterocycles. The third-order valence-corrected chi connectivity index (χ3v) is 3.11. The van der Waals surface area contributed by atoms with Gasteiger partial charge >= 0.3 is 0 Å². The summed E-state index contributed by atoms with van der Waals surface area (Å²) in [6.45, 7) is 0. The maximum atomic E-state index is 12.1. The summed E-state index contributed by atoms with van der Waals surface area (Å²) in [5, 5.41) is 9.41. The van der Waals surface area contributed by atoms with Gasteiger partial charge in [-0.3, -0.25) is 0 Å². The first kappa shape index (κ1) is 12.9. The summed E-state index contributed by atoms with van der Waals surface area (Å²) in [6, 6.07) is 2.33. The second-order valence-corrected chi connectivity index (χ2v) is 4.78. The van der Waals surface area contributed by atoms with Crippen LogP contribution in [0.15, 0.2) is 21.1 Å². The van der Waals surface area contributed by atoms with Gasteiger partial charge in [0.2, 0.25) is 6.43 Å². The molecule has 1 aromatic rings. The van der Waals surface area contributed by atoms with Crippen LogP contribution in [0, 0.1) is 0 Å². The molecule has 15 heavy (non-hydrogen) atoms. The van der Waals surface area contributed by atoms with Crippen molar-refractivity contribution in [2.75, 3.05) is 0 Å². The molecular formula is C9H9Br2F2NO. The highest BCUT2D eigenvalue weighted by Crippen LogP contribution is 2.35. The van der Waals surface area contributed by atoms with Gasteiger partial charge in [0, 0.05) is 12.5 Å². The zero-order valence-corrected chi connectivity index (χ0v) is 10.7. The third-order valence-electron chi connectivity index (χ3n) is 1.90. The second-order valence-electron chi connectivity index (χ2n) is 3.07. The van der Waals surface area contributed by atoms with Crippen molar-refractivity contribution in [1.82, 2.24) is 0 Å². The number of phenolic OH excluding ortho intramolecular Hbond substituents is 1. The highest BCUT2D eigenvalue weighted by atomic mass is 79.9. The van der Waals surface area contributed by atoms with E-state index < -0.39 is 18.9 Å². The Morgan fingerprint density at radius 3 is 2.13 bits per heavy atom. The third kappa shape index (κ3) is 3.39. The van der Waals surface area contributed by atoms with Crippen LogP contribution in [0.4, 0.5) is 8.78 Å². The van der Waals surface area contributed by atoms with Crippen molar-refractivity contribution < 1.29 is 13.9 Å². The molecule has 1 atom stereocenters. The minimum atomic E-state index is -2.44. The quantitative estimate of drug-likeness (QED) is 0.880. The summed E-state index contributed by atoms with van der Waals surface area (Å²) in [5.41, 5.74) is 6.13. The molecule has 0 aliphatic heterocycles. The smallest absolute Gasteiger partial charge is 0.240 e. The van der Waals surface area contributed by atoms with E-state index in [0.717, 1.165) is 0 Å². The van der Waals surface area contributed by atoms with Crippen molar-refractivity contribution >= 4 is 31.9 Å². The van der Waals surface area contributed by atoms with Crippen LogP contribution < -0.4 is 5.73 Å². The normalized spacial score (nSPS) is 13.2. The van der Waals surface area contributed by atoms with Crippen LogP contribution >= 0.6 is 31.9 Å². The first-order valence-corrected chi connectivity index (χ1v) is 5.72. The molecule has 0 saturated heterocycles. The van der Waals surface area contributed by atoms with Gasteiger partial charge < -0.3 is 10.8 Å². The number of hydrogen-bond donors (Lipinski definition) is 2. The van der Waals surface area contributed by atoms with Crippen LogP contribution in [0.25, 0.3) is 0 Å². The number of halogens is 4. The zero-order chi connectivity index (χ0) is 11.6. The molecular weight excluding hydrogens is 336 g/mol. The monoisotopic (exact) mass is 343 g/mol. The van der Waals surface area contributed by atoms with Crippen LogP contribution in [0.2, 0.25) is 0 Å². The molecule has 0 amide bonds. The molecule has 6 heteroatoms. The average Bonchev–Trinajstić information content (AvgIpc) is 2.12. The Hall–Kier alpha value is -0.200. The number of rotatable bonds is 3. The maximum absolute atomic E-state index is 12.1. The Morgan fingerprint density at radius 1 is 1.27 bits per heavy atom. The van der Waals surface area contributed by atoms with Crippen molar-refractivity contribution in [3.8, 4) is 5.75 Å². The van der Waals surface area contributed by atoms with Gasteiger partial charge in [-0.15, -0.1) is 0 Å². The topological polar surface area (TPSA) is 46.2 Å². The van der Waals surface area contributed by atoms with Gasteiger partial charge in [0.1, 0.15) is 5.75 Å². The van der Waals surface area contributed by atoms with E-state index in [9.17, 15) is 13.9 Å². The average molecular weight is 345 g/mol. The van der Waals surface area contributed by atoms with Gasteiger partial charge in [0.05, 0.1) is 8.95 Å². The highest BCUT2D eigenvalue weighted by Gasteiger charge is 2.15. The molecule has 1 aromatic carbocycles. The number of phenols is 1. The van der Waals surface area contributed by atoms with E-state index in [4.69, 9.17) is 5.73 Å². The zero-order valence-electron chi connectivity index (χ0n) is 7.55. The summed E-state index contributed by atoms with van der Waals surface area (Å²) in [4.78, 5) is 0. The Kier molecular flexibility index (Phi) is 4.48. The maximum Gasteiger partial charge on any atom is 0.240 e. The predicted molar refractivity (Wildman–Crippen MR) is 61.1 cm³/mol. The summed E-state index contributed by atoms with van der Waals surface area (Å²) in [6.07, 6.45) is -2.84. The lowest BCUT2D eigenvalue weighted by molar-refractivity contribution is 0.128. The van der Waals surface area contributed by atoms with Crippen molar-refractivity contribution in [3.63, 3.8) is 0 Å². The van der Waals surface area contributed by atoms with E-state index >= 15 is 0 Å². The number of hydrogen-bond acceptors (Lipinski definition) is 2. The standard InChI is InChI=1S/C9H9Br2F2NO/c10-5-1-4(2-6(11)9(5)15)7(14)3-8(12)13/h1-2,7-8,15H,3,14H2/t7-/m0/s1. The minimum absolute atomic E-state index is 0.0306. The summed E-state index contributed by atoms with van der Waals surface area (Å²) < 4.78 is 25.1. The minimum Gasteiger partial charge on any atom is -0.506 e. The molecule has 0 fully saturated rings. The molecule has 2 nitrogen and oxygen atoms in total. The Labute approximate surface area is 103 Å². The molecule has 0 unspecified atom stereocenters. The van der Waals surface area contributed by atoms with Crippen molar-refractivity contribution in [2.24, 2.45) is 5.73 Å². The Balaban J connectivity index is 2.95. The van der Waals surface area contributed by atoms with Crippen molar-refractivity contribution in [2.45, 2.75) is 18.9 Å². The van der Waals surface area contributed by atoms with Crippen LogP contribution in [-0.2, 0) is 0 Å². The van der Waals surface area contributed by atoms with Gasteiger partial charge in [-0.1, -0.05) is 0 Å². The first-order valence-electron chi connectivity index (χ1n) is 4.13. The van der Waals surface area contributed by atoms with Crippen LogP contribution in [0.5, 0.6) is 5.75 Å². The van der Waals surface area contributed by atoms with Gasteiger partial charge in [0.15, 0.2) is 0 Å². The largest absolute Gasteiger partial charge is 0.506 e. The summed E-state index contributed by atoms with van der Waals surface area (Å²) >= 11 is 6.22. The number of alkyl halides is 2. The first-order chi connectivity index (χ1) is 6.91. The van der Waals surface area contributed by atoms with E-state index in [2.05, 4.69) is 31.9 Å². The molecule has 0 aliphatic rings. The number of benzene rings is 1. The molecule has 84 valence electrons. The molecule has 0 saturated carbocycles.